The van der Waals surface area contributed by atoms with E-state index >= 15 is 0 Å². The number of nitrogens with zero attached hydrogens (tertiary/aromatic N) is 2. The number of benzene rings is 2. The van der Waals surface area contributed by atoms with Crippen LogP contribution in [0.4, 0.5) is 5.95 Å². The van der Waals surface area contributed by atoms with E-state index in [9.17, 15) is 4.79 Å². The first-order valence-electron chi connectivity index (χ1n) is 13.5. The molecule has 1 saturated carbocycles. The van der Waals surface area contributed by atoms with Crippen molar-refractivity contribution in [2.45, 2.75) is 80.8 Å². The van der Waals surface area contributed by atoms with Gasteiger partial charge in [-0.15, -0.1) is 0 Å². The van der Waals surface area contributed by atoms with Crippen LogP contribution in [0.3, 0.4) is 0 Å². The van der Waals surface area contributed by atoms with Crippen LogP contribution in [0.25, 0.3) is 0 Å². The van der Waals surface area contributed by atoms with Gasteiger partial charge in [0.25, 0.3) is 0 Å². The zero-order valence-corrected chi connectivity index (χ0v) is 25.4. The van der Waals surface area contributed by atoms with Crippen LogP contribution in [0.5, 0.6) is 0 Å². The molecule has 0 spiro atoms. The molecule has 2 aromatic carbocycles. The molecule has 0 atom stereocenters. The van der Waals surface area contributed by atoms with Crippen molar-refractivity contribution < 1.29 is 4.79 Å². The third-order valence-electron chi connectivity index (χ3n) is 7.66. The molecule has 2 aliphatic carbocycles. The Kier molecular flexibility index (Phi) is 8.98. The summed E-state index contributed by atoms with van der Waals surface area (Å²) in [6.45, 7) is 0. The summed E-state index contributed by atoms with van der Waals surface area (Å²) >= 11 is 11.1. The van der Waals surface area contributed by atoms with E-state index in [-0.39, 0.29) is 11.9 Å². The van der Waals surface area contributed by atoms with Crippen LogP contribution in [0.1, 0.15) is 66.8 Å². The fourth-order valence-corrected chi connectivity index (χ4v) is 8.17. The van der Waals surface area contributed by atoms with E-state index in [0.717, 1.165) is 55.6 Å². The van der Waals surface area contributed by atoms with Crippen molar-refractivity contribution in [2.24, 2.45) is 0 Å². The Balaban J connectivity index is 1.23. The molecule has 8 heteroatoms. The SMILES string of the molecule is C[As](C)c1nc(N[C@H]2CC[C@@H](NC(=O)C(c3ccc(Cl)cc3)c3ccc(Cl)cc3)CC2)nc2c1CCCC2. The number of fused-ring (bicyclic) bond motifs is 1. The fourth-order valence-electron chi connectivity index (χ4n) is 5.66. The third-order valence-corrected chi connectivity index (χ3v) is 10.7. The van der Waals surface area contributed by atoms with Crippen LogP contribution >= 0.6 is 23.2 Å². The van der Waals surface area contributed by atoms with Gasteiger partial charge in [-0.3, -0.25) is 0 Å². The second-order valence-electron chi connectivity index (χ2n) is 10.6. The van der Waals surface area contributed by atoms with E-state index < -0.39 is 20.6 Å². The standard InChI is InChI=1S/C30H35AsCl2N4O/c1-31(2)28-25-5-3-4-6-26(25)36-30(37-28)35-24-17-15-23(16-18-24)34-29(38)27(19-7-11-21(32)12-8-19)20-9-13-22(33)14-10-20/h7-14,23-24,27H,3-6,15-18H2,1-2H3,(H,34,38)(H,35,36,37)/t23-,24+. The van der Waals surface area contributed by atoms with E-state index in [1.165, 1.54) is 28.6 Å². The molecule has 0 bridgehead atoms. The van der Waals surface area contributed by atoms with Gasteiger partial charge in [-0.1, -0.05) is 47.5 Å². The number of carbonyl (C=O) groups excluding carboxylic acids is 1. The molecule has 200 valence electrons. The average Bonchev–Trinajstić information content (AvgIpc) is 2.91. The summed E-state index contributed by atoms with van der Waals surface area (Å²) < 4.78 is 1.35. The van der Waals surface area contributed by atoms with Crippen molar-refractivity contribution in [2.75, 3.05) is 5.32 Å². The van der Waals surface area contributed by atoms with E-state index in [4.69, 9.17) is 33.2 Å². The minimum absolute atomic E-state index is 0.0101. The summed E-state index contributed by atoms with van der Waals surface area (Å²) in [4.78, 5) is 23.5. The van der Waals surface area contributed by atoms with Crippen LogP contribution in [0.2, 0.25) is 21.5 Å². The number of anilines is 1. The molecule has 0 aliphatic heterocycles. The number of carbonyl (C=O) groups is 1. The second-order valence-corrected chi connectivity index (χ2v) is 16.1. The van der Waals surface area contributed by atoms with E-state index in [1.54, 1.807) is 0 Å². The number of hydrogen-bond donors (Lipinski definition) is 2. The van der Waals surface area contributed by atoms with Gasteiger partial charge in [-0.25, -0.2) is 0 Å². The molecular weight excluding hydrogens is 578 g/mol. The average molecular weight is 613 g/mol. The van der Waals surface area contributed by atoms with Crippen LogP contribution in [0.15, 0.2) is 48.5 Å². The molecule has 1 heterocycles. The van der Waals surface area contributed by atoms with Gasteiger partial charge in [0.15, 0.2) is 0 Å². The number of halogens is 2. The van der Waals surface area contributed by atoms with Crippen molar-refractivity contribution in [1.82, 2.24) is 15.3 Å². The van der Waals surface area contributed by atoms with Crippen molar-refractivity contribution in [3.05, 3.63) is 81.0 Å². The van der Waals surface area contributed by atoms with E-state index in [2.05, 4.69) is 22.1 Å². The zero-order valence-electron chi connectivity index (χ0n) is 22.0. The first-order chi connectivity index (χ1) is 18.4. The Morgan fingerprint density at radius 1 is 0.842 bits per heavy atom. The summed E-state index contributed by atoms with van der Waals surface area (Å²) in [5.74, 6) is 0.403. The van der Waals surface area contributed by atoms with Gasteiger partial charge in [-0.2, -0.15) is 0 Å². The fraction of sp³-hybridized carbons (Fsp3) is 0.433. The molecule has 5 rings (SSSR count). The molecule has 1 amide bonds. The van der Waals surface area contributed by atoms with Crippen LogP contribution in [-0.2, 0) is 17.6 Å². The molecule has 2 N–H and O–H groups in total. The second kappa shape index (κ2) is 12.4. The predicted molar refractivity (Wildman–Crippen MR) is 158 cm³/mol. The number of amides is 1. The van der Waals surface area contributed by atoms with Gasteiger partial charge in [0.2, 0.25) is 0 Å². The number of aromatic nitrogens is 2. The molecule has 2 aliphatic rings. The number of rotatable bonds is 7. The van der Waals surface area contributed by atoms with Gasteiger partial charge < -0.3 is 0 Å². The number of nitrogens with one attached hydrogen (secondary N) is 2. The number of aryl methyl sites for hydroxylation is 1. The monoisotopic (exact) mass is 612 g/mol. The minimum atomic E-state index is -1.10. The Hall–Kier alpha value is -2.07. The van der Waals surface area contributed by atoms with Gasteiger partial charge in [0, 0.05) is 10.0 Å². The quantitative estimate of drug-likeness (QED) is 0.308. The topological polar surface area (TPSA) is 66.9 Å². The van der Waals surface area contributed by atoms with Crippen LogP contribution in [-0.4, -0.2) is 42.6 Å². The Morgan fingerprint density at radius 3 is 1.97 bits per heavy atom. The summed E-state index contributed by atoms with van der Waals surface area (Å²) in [5, 5.41) is 8.29. The van der Waals surface area contributed by atoms with Crippen LogP contribution < -0.4 is 15.1 Å². The summed E-state index contributed by atoms with van der Waals surface area (Å²) in [6.07, 6.45) is 8.49. The zero-order chi connectivity index (χ0) is 26.6. The maximum absolute atomic E-state index is 13.6. The summed E-state index contributed by atoms with van der Waals surface area (Å²) in [7, 11) is 0. The normalized spacial score (nSPS) is 19.3. The van der Waals surface area contributed by atoms with Gasteiger partial charge >= 0.3 is 160 Å². The summed E-state index contributed by atoms with van der Waals surface area (Å²) in [6, 6.07) is 15.5. The Bertz CT molecular complexity index is 1210. The summed E-state index contributed by atoms with van der Waals surface area (Å²) in [5.41, 5.74) is 9.27. The molecule has 3 aromatic rings. The molecule has 1 aromatic heterocycles. The Morgan fingerprint density at radius 2 is 1.39 bits per heavy atom. The third kappa shape index (κ3) is 6.55. The number of hydrogen-bond acceptors (Lipinski definition) is 4. The maximum atomic E-state index is 13.6. The molecule has 38 heavy (non-hydrogen) atoms. The Labute approximate surface area is 240 Å². The molecular formula is C30H35AsCl2N4O. The first kappa shape index (κ1) is 27.5. The molecule has 0 radical (unpaired) electrons. The van der Waals surface area contributed by atoms with E-state index in [1.807, 2.05) is 48.5 Å². The van der Waals surface area contributed by atoms with Crippen molar-refractivity contribution in [1.29, 1.82) is 0 Å². The first-order valence-corrected chi connectivity index (χ1v) is 19.0. The predicted octanol–water partition coefficient (Wildman–Crippen LogP) is 6.30. The van der Waals surface area contributed by atoms with Crippen molar-refractivity contribution >= 4 is 54.2 Å². The van der Waals surface area contributed by atoms with Gasteiger partial charge in [-0.05, 0) is 24.3 Å². The van der Waals surface area contributed by atoms with Crippen molar-refractivity contribution in [3.63, 3.8) is 0 Å². The molecule has 5 nitrogen and oxygen atoms in total. The van der Waals surface area contributed by atoms with Crippen molar-refractivity contribution in [3.8, 4) is 0 Å². The van der Waals surface area contributed by atoms with E-state index in [0.29, 0.717) is 16.1 Å². The molecule has 0 saturated heterocycles. The van der Waals surface area contributed by atoms with Gasteiger partial charge in [0.1, 0.15) is 0 Å². The van der Waals surface area contributed by atoms with Gasteiger partial charge in [0.05, 0.1) is 0 Å². The van der Waals surface area contributed by atoms with Crippen LogP contribution in [0, 0.1) is 0 Å². The molecule has 0 unspecified atom stereocenters. The molecule has 1 fully saturated rings.